The lowest BCUT2D eigenvalue weighted by Crippen LogP contribution is -2.19. The molecule has 0 saturated carbocycles. The van der Waals surface area contributed by atoms with E-state index in [4.69, 9.17) is 5.11 Å². The molecular formula is C13H21N3O3S. The Kier molecular flexibility index (Phi) is 7.50. The van der Waals surface area contributed by atoms with Crippen LogP contribution in [0.4, 0.5) is 5.69 Å². The van der Waals surface area contributed by atoms with Gasteiger partial charge in [0.25, 0.3) is 5.69 Å². The maximum atomic E-state index is 11.0. The van der Waals surface area contributed by atoms with E-state index >= 15 is 0 Å². The van der Waals surface area contributed by atoms with E-state index in [9.17, 15) is 10.1 Å². The van der Waals surface area contributed by atoms with Crippen LogP contribution in [0.1, 0.15) is 23.2 Å². The molecule has 0 atom stereocenters. The second-order valence-corrected chi connectivity index (χ2v) is 5.71. The van der Waals surface area contributed by atoms with Crippen molar-refractivity contribution in [2.24, 2.45) is 0 Å². The molecule has 1 heterocycles. The van der Waals surface area contributed by atoms with Crippen molar-refractivity contribution in [2.75, 3.05) is 24.7 Å². The highest BCUT2D eigenvalue weighted by Gasteiger charge is 2.18. The fraction of sp³-hybridized carbons (Fsp3) is 0.615. The monoisotopic (exact) mass is 299 g/mol. The largest absolute Gasteiger partial charge is 0.396 e. The van der Waals surface area contributed by atoms with Crippen LogP contribution < -0.4 is 5.32 Å². The minimum absolute atomic E-state index is 0.161. The Labute approximate surface area is 123 Å². The first-order chi connectivity index (χ1) is 9.57. The fourth-order valence-electron chi connectivity index (χ4n) is 1.84. The van der Waals surface area contributed by atoms with Gasteiger partial charge in [-0.05, 0) is 26.0 Å². The fourth-order valence-corrected chi connectivity index (χ4v) is 2.67. The lowest BCUT2D eigenvalue weighted by molar-refractivity contribution is -0.386. The molecule has 1 aromatic rings. The highest BCUT2D eigenvalue weighted by Crippen LogP contribution is 2.23. The molecule has 20 heavy (non-hydrogen) atoms. The number of nitrogens with zero attached hydrogens (tertiary/aromatic N) is 2. The summed E-state index contributed by atoms with van der Waals surface area (Å²) in [5.74, 6) is 1.90. The summed E-state index contributed by atoms with van der Waals surface area (Å²) in [6, 6.07) is 0. The molecule has 0 fully saturated rings. The van der Waals surface area contributed by atoms with Crippen LogP contribution in [0.2, 0.25) is 0 Å². The van der Waals surface area contributed by atoms with Gasteiger partial charge in [0.2, 0.25) is 0 Å². The molecule has 1 aromatic heterocycles. The van der Waals surface area contributed by atoms with E-state index in [0.29, 0.717) is 17.7 Å². The highest BCUT2D eigenvalue weighted by atomic mass is 32.2. The van der Waals surface area contributed by atoms with E-state index in [1.165, 1.54) is 0 Å². The van der Waals surface area contributed by atoms with Crippen LogP contribution >= 0.6 is 11.8 Å². The zero-order valence-corrected chi connectivity index (χ0v) is 12.7. The number of pyridine rings is 1. The van der Waals surface area contributed by atoms with Gasteiger partial charge in [0.05, 0.1) is 10.6 Å². The molecule has 0 amide bonds. The number of rotatable bonds is 9. The number of thioether (sulfide) groups is 1. The second kappa shape index (κ2) is 8.89. The number of hydrogen-bond donors (Lipinski definition) is 2. The minimum atomic E-state index is -0.347. The molecule has 0 spiro atoms. The summed E-state index contributed by atoms with van der Waals surface area (Å²) in [6.07, 6.45) is 2.37. The summed E-state index contributed by atoms with van der Waals surface area (Å²) < 4.78 is 0. The summed E-state index contributed by atoms with van der Waals surface area (Å²) in [6.45, 7) is 5.03. The zero-order chi connectivity index (χ0) is 15.0. The Hall–Kier alpha value is -1.18. The summed E-state index contributed by atoms with van der Waals surface area (Å²) >= 11 is 1.78. The van der Waals surface area contributed by atoms with Gasteiger partial charge < -0.3 is 10.4 Å². The number of aliphatic hydroxyl groups is 1. The van der Waals surface area contributed by atoms with Gasteiger partial charge >= 0.3 is 0 Å². The molecule has 0 saturated heterocycles. The van der Waals surface area contributed by atoms with Crippen LogP contribution in [-0.4, -0.2) is 39.7 Å². The first kappa shape index (κ1) is 16.9. The summed E-state index contributed by atoms with van der Waals surface area (Å²) in [5.41, 5.74) is 2.11. The first-order valence-electron chi connectivity index (χ1n) is 6.56. The number of nitro groups is 1. The second-order valence-electron chi connectivity index (χ2n) is 4.48. The summed E-state index contributed by atoms with van der Waals surface area (Å²) in [4.78, 5) is 14.9. The Balaban J connectivity index is 2.45. The van der Waals surface area contributed by atoms with Crippen molar-refractivity contribution >= 4 is 17.4 Å². The molecule has 0 bridgehead atoms. The lowest BCUT2D eigenvalue weighted by atomic mass is 10.1. The van der Waals surface area contributed by atoms with Crippen molar-refractivity contribution < 1.29 is 10.0 Å². The molecule has 112 valence electrons. The average Bonchev–Trinajstić information content (AvgIpc) is 2.39. The molecule has 0 aliphatic heterocycles. The van der Waals surface area contributed by atoms with E-state index in [0.717, 1.165) is 30.2 Å². The normalized spacial score (nSPS) is 10.8. The van der Waals surface area contributed by atoms with Crippen molar-refractivity contribution in [1.29, 1.82) is 0 Å². The first-order valence-corrected chi connectivity index (χ1v) is 7.72. The third kappa shape index (κ3) is 5.07. The topological polar surface area (TPSA) is 88.3 Å². The Bertz CT molecular complexity index is 455. The van der Waals surface area contributed by atoms with Crippen LogP contribution in [0.3, 0.4) is 0 Å². The molecule has 0 aliphatic carbocycles. The Morgan fingerprint density at radius 2 is 2.20 bits per heavy atom. The predicted molar refractivity (Wildman–Crippen MR) is 81.1 cm³/mol. The van der Waals surface area contributed by atoms with Crippen LogP contribution in [0.15, 0.2) is 6.20 Å². The third-order valence-electron chi connectivity index (χ3n) is 2.92. The summed E-state index contributed by atoms with van der Waals surface area (Å²) in [7, 11) is 0. The van der Waals surface area contributed by atoms with Gasteiger partial charge in [-0.25, -0.2) is 0 Å². The van der Waals surface area contributed by atoms with Crippen molar-refractivity contribution in [3.8, 4) is 0 Å². The van der Waals surface area contributed by atoms with Gasteiger partial charge in [0.1, 0.15) is 0 Å². The van der Waals surface area contributed by atoms with Crippen molar-refractivity contribution in [3.05, 3.63) is 33.1 Å². The van der Waals surface area contributed by atoms with Crippen LogP contribution in [0, 0.1) is 24.0 Å². The number of nitrogens with one attached hydrogen (secondary N) is 1. The van der Waals surface area contributed by atoms with Gasteiger partial charge in [-0.3, -0.25) is 15.1 Å². The minimum Gasteiger partial charge on any atom is -0.396 e. The van der Waals surface area contributed by atoms with Gasteiger partial charge in [0.15, 0.2) is 0 Å². The Morgan fingerprint density at radius 1 is 1.45 bits per heavy atom. The molecule has 0 aromatic carbocycles. The van der Waals surface area contributed by atoms with Crippen molar-refractivity contribution in [1.82, 2.24) is 10.3 Å². The van der Waals surface area contributed by atoms with Crippen LogP contribution in [0.5, 0.6) is 0 Å². The van der Waals surface area contributed by atoms with E-state index in [-0.39, 0.29) is 17.2 Å². The quantitative estimate of drug-likeness (QED) is 0.411. The lowest BCUT2D eigenvalue weighted by Gasteiger charge is -2.08. The Morgan fingerprint density at radius 3 is 2.85 bits per heavy atom. The molecule has 0 unspecified atom stereocenters. The predicted octanol–water partition coefficient (Wildman–Crippen LogP) is 1.81. The molecule has 7 heteroatoms. The van der Waals surface area contributed by atoms with Crippen molar-refractivity contribution in [2.45, 2.75) is 26.8 Å². The van der Waals surface area contributed by atoms with E-state index in [1.807, 2.05) is 0 Å². The van der Waals surface area contributed by atoms with Crippen LogP contribution in [-0.2, 0) is 6.54 Å². The van der Waals surface area contributed by atoms with Crippen LogP contribution in [0.25, 0.3) is 0 Å². The maximum absolute atomic E-state index is 11.0. The zero-order valence-electron chi connectivity index (χ0n) is 11.9. The SMILES string of the molecule is Cc1cnc(CNCCSCCCO)c(C)c1[N+](=O)[O-]. The summed E-state index contributed by atoms with van der Waals surface area (Å²) in [5, 5.41) is 22.9. The molecule has 0 aliphatic rings. The van der Waals surface area contributed by atoms with Gasteiger partial charge in [-0.1, -0.05) is 0 Å². The van der Waals surface area contributed by atoms with Gasteiger partial charge in [0, 0.05) is 42.8 Å². The molecule has 2 N–H and O–H groups in total. The average molecular weight is 299 g/mol. The van der Waals surface area contributed by atoms with E-state index in [1.54, 1.807) is 31.8 Å². The number of aromatic nitrogens is 1. The van der Waals surface area contributed by atoms with Crippen molar-refractivity contribution in [3.63, 3.8) is 0 Å². The third-order valence-corrected chi connectivity index (χ3v) is 3.99. The molecule has 6 nitrogen and oxygen atoms in total. The maximum Gasteiger partial charge on any atom is 0.278 e. The highest BCUT2D eigenvalue weighted by molar-refractivity contribution is 7.99. The number of aryl methyl sites for hydroxylation is 1. The standard InChI is InChI=1S/C13H21N3O3S/c1-10-8-15-12(11(2)13(10)16(18)19)9-14-4-7-20-6-3-5-17/h8,14,17H,3-7,9H2,1-2H3. The van der Waals surface area contributed by atoms with Gasteiger partial charge in [-0.15, -0.1) is 0 Å². The van der Waals surface area contributed by atoms with Gasteiger partial charge in [-0.2, -0.15) is 11.8 Å². The molecular weight excluding hydrogens is 278 g/mol. The van der Waals surface area contributed by atoms with E-state index < -0.39 is 0 Å². The van der Waals surface area contributed by atoms with E-state index in [2.05, 4.69) is 10.3 Å². The number of aliphatic hydroxyl groups excluding tert-OH is 1. The number of hydrogen-bond acceptors (Lipinski definition) is 6. The smallest absolute Gasteiger partial charge is 0.278 e. The molecule has 1 rings (SSSR count). The molecule has 0 radical (unpaired) electrons.